The summed E-state index contributed by atoms with van der Waals surface area (Å²) in [6.07, 6.45) is 0. The third-order valence-corrected chi connectivity index (χ3v) is 3.11. The van der Waals surface area contributed by atoms with Gasteiger partial charge in [0.1, 0.15) is 5.82 Å². The average molecular weight is 245 g/mol. The Morgan fingerprint density at radius 3 is 1.89 bits per heavy atom. The van der Waals surface area contributed by atoms with E-state index in [1.54, 1.807) is 4.68 Å². The molecule has 2 heterocycles. The van der Waals surface area contributed by atoms with Crippen LogP contribution in [0, 0.1) is 27.7 Å². The molecule has 0 atom stereocenters. The van der Waals surface area contributed by atoms with E-state index in [2.05, 4.69) is 33.9 Å². The molecule has 0 amide bonds. The second-order valence-electron chi connectivity index (χ2n) is 4.90. The SMILES string of the molecule is Cc1nc(-n2nc(C(C)C)nc2C)nc(C)c1C. The van der Waals surface area contributed by atoms with E-state index in [-0.39, 0.29) is 0 Å². The average Bonchev–Trinajstić information content (AvgIpc) is 2.68. The Morgan fingerprint density at radius 1 is 0.889 bits per heavy atom. The fourth-order valence-corrected chi connectivity index (χ4v) is 1.69. The first kappa shape index (κ1) is 12.7. The lowest BCUT2D eigenvalue weighted by atomic mass is 10.2. The molecule has 2 aromatic heterocycles. The van der Waals surface area contributed by atoms with Crippen LogP contribution in [-0.4, -0.2) is 24.7 Å². The molecular weight excluding hydrogens is 226 g/mol. The van der Waals surface area contributed by atoms with Crippen molar-refractivity contribution in [2.24, 2.45) is 0 Å². The number of aromatic nitrogens is 5. The number of hydrogen-bond donors (Lipinski definition) is 0. The molecule has 0 saturated carbocycles. The van der Waals surface area contributed by atoms with Crippen molar-refractivity contribution in [3.05, 3.63) is 28.6 Å². The summed E-state index contributed by atoms with van der Waals surface area (Å²) in [5.41, 5.74) is 3.09. The summed E-state index contributed by atoms with van der Waals surface area (Å²) in [4.78, 5) is 13.4. The molecule has 96 valence electrons. The Hall–Kier alpha value is -1.78. The lowest BCUT2D eigenvalue weighted by Gasteiger charge is -2.07. The molecule has 0 saturated heterocycles. The van der Waals surface area contributed by atoms with E-state index in [0.717, 1.165) is 28.6 Å². The molecule has 0 spiro atoms. The smallest absolute Gasteiger partial charge is 0.216 e. The van der Waals surface area contributed by atoms with Gasteiger partial charge in [-0.25, -0.2) is 15.0 Å². The lowest BCUT2D eigenvalue weighted by molar-refractivity contribution is 0.721. The molecule has 0 fully saturated rings. The van der Waals surface area contributed by atoms with Crippen LogP contribution in [0.15, 0.2) is 0 Å². The van der Waals surface area contributed by atoms with Gasteiger partial charge in [0.15, 0.2) is 5.82 Å². The van der Waals surface area contributed by atoms with E-state index < -0.39 is 0 Å². The highest BCUT2D eigenvalue weighted by Gasteiger charge is 2.14. The highest BCUT2D eigenvalue weighted by atomic mass is 15.4. The molecule has 0 aliphatic heterocycles. The number of rotatable bonds is 2. The topological polar surface area (TPSA) is 56.5 Å². The molecular formula is C13H19N5. The van der Waals surface area contributed by atoms with Crippen LogP contribution >= 0.6 is 0 Å². The van der Waals surface area contributed by atoms with Crippen molar-refractivity contribution in [3.63, 3.8) is 0 Å². The van der Waals surface area contributed by atoms with Crippen LogP contribution in [0.4, 0.5) is 0 Å². The number of hydrogen-bond acceptors (Lipinski definition) is 4. The van der Waals surface area contributed by atoms with Gasteiger partial charge >= 0.3 is 0 Å². The molecule has 0 aromatic carbocycles. The van der Waals surface area contributed by atoms with Crippen LogP contribution in [0.2, 0.25) is 0 Å². The first-order valence-corrected chi connectivity index (χ1v) is 6.16. The molecule has 0 unspecified atom stereocenters. The van der Waals surface area contributed by atoms with Gasteiger partial charge in [0.2, 0.25) is 0 Å². The van der Waals surface area contributed by atoms with Gasteiger partial charge in [-0.2, -0.15) is 4.68 Å². The zero-order chi connectivity index (χ0) is 13.4. The summed E-state index contributed by atoms with van der Waals surface area (Å²) in [5.74, 6) is 2.55. The zero-order valence-electron chi connectivity index (χ0n) is 11.8. The van der Waals surface area contributed by atoms with E-state index in [0.29, 0.717) is 11.9 Å². The van der Waals surface area contributed by atoms with Crippen LogP contribution in [-0.2, 0) is 0 Å². The first-order valence-electron chi connectivity index (χ1n) is 6.16. The number of nitrogens with zero attached hydrogens (tertiary/aromatic N) is 5. The Bertz CT molecular complexity index is 560. The molecule has 5 nitrogen and oxygen atoms in total. The van der Waals surface area contributed by atoms with E-state index in [1.165, 1.54) is 0 Å². The van der Waals surface area contributed by atoms with Gasteiger partial charge in [0.25, 0.3) is 5.95 Å². The van der Waals surface area contributed by atoms with Gasteiger partial charge in [-0.1, -0.05) is 13.8 Å². The maximum absolute atomic E-state index is 4.49. The number of aryl methyl sites for hydroxylation is 3. The normalized spacial score (nSPS) is 11.3. The molecule has 0 aliphatic carbocycles. The van der Waals surface area contributed by atoms with Crippen LogP contribution < -0.4 is 0 Å². The third-order valence-electron chi connectivity index (χ3n) is 3.11. The fourth-order valence-electron chi connectivity index (χ4n) is 1.69. The minimum atomic E-state index is 0.303. The Morgan fingerprint density at radius 2 is 1.44 bits per heavy atom. The summed E-state index contributed by atoms with van der Waals surface area (Å²) in [6, 6.07) is 0. The Labute approximate surface area is 107 Å². The van der Waals surface area contributed by atoms with Crippen molar-refractivity contribution in [3.8, 4) is 5.95 Å². The Balaban J connectivity index is 2.55. The van der Waals surface area contributed by atoms with Gasteiger partial charge < -0.3 is 0 Å². The molecule has 2 rings (SSSR count). The van der Waals surface area contributed by atoms with Crippen LogP contribution in [0.1, 0.15) is 48.4 Å². The highest BCUT2D eigenvalue weighted by molar-refractivity contribution is 5.27. The van der Waals surface area contributed by atoms with Crippen LogP contribution in [0.25, 0.3) is 5.95 Å². The van der Waals surface area contributed by atoms with Gasteiger partial charge in [-0.3, -0.25) is 0 Å². The predicted octanol–water partition coefficient (Wildman–Crippen LogP) is 2.41. The van der Waals surface area contributed by atoms with E-state index in [1.807, 2.05) is 27.7 Å². The Kier molecular flexibility index (Phi) is 3.15. The molecule has 18 heavy (non-hydrogen) atoms. The quantitative estimate of drug-likeness (QED) is 0.815. The zero-order valence-corrected chi connectivity index (χ0v) is 11.8. The van der Waals surface area contributed by atoms with Gasteiger partial charge in [0, 0.05) is 17.3 Å². The van der Waals surface area contributed by atoms with Crippen LogP contribution in [0.3, 0.4) is 0 Å². The summed E-state index contributed by atoms with van der Waals surface area (Å²) in [5, 5.41) is 4.47. The maximum Gasteiger partial charge on any atom is 0.252 e. The fraction of sp³-hybridized carbons (Fsp3) is 0.538. The van der Waals surface area contributed by atoms with Crippen molar-refractivity contribution in [1.29, 1.82) is 0 Å². The lowest BCUT2D eigenvalue weighted by Crippen LogP contribution is -2.09. The molecule has 0 aliphatic rings. The van der Waals surface area contributed by atoms with Crippen molar-refractivity contribution >= 4 is 0 Å². The molecule has 0 N–H and O–H groups in total. The van der Waals surface area contributed by atoms with Gasteiger partial charge in [-0.15, -0.1) is 5.10 Å². The van der Waals surface area contributed by atoms with Gasteiger partial charge in [0.05, 0.1) is 0 Å². The minimum Gasteiger partial charge on any atom is -0.216 e. The van der Waals surface area contributed by atoms with E-state index in [9.17, 15) is 0 Å². The van der Waals surface area contributed by atoms with Crippen LogP contribution in [0.5, 0.6) is 0 Å². The van der Waals surface area contributed by atoms with Crippen molar-refractivity contribution in [2.75, 3.05) is 0 Å². The minimum absolute atomic E-state index is 0.303. The molecule has 0 bridgehead atoms. The predicted molar refractivity (Wildman–Crippen MR) is 70.0 cm³/mol. The van der Waals surface area contributed by atoms with Crippen molar-refractivity contribution in [2.45, 2.75) is 47.5 Å². The monoisotopic (exact) mass is 245 g/mol. The largest absolute Gasteiger partial charge is 0.252 e. The summed E-state index contributed by atoms with van der Waals surface area (Å²) >= 11 is 0. The van der Waals surface area contributed by atoms with Crippen molar-refractivity contribution < 1.29 is 0 Å². The second-order valence-corrected chi connectivity index (χ2v) is 4.90. The van der Waals surface area contributed by atoms with E-state index >= 15 is 0 Å². The third kappa shape index (κ3) is 2.12. The highest BCUT2D eigenvalue weighted by Crippen LogP contribution is 2.14. The molecule has 0 radical (unpaired) electrons. The van der Waals surface area contributed by atoms with Gasteiger partial charge in [-0.05, 0) is 33.3 Å². The summed E-state index contributed by atoms with van der Waals surface area (Å²) < 4.78 is 1.72. The van der Waals surface area contributed by atoms with E-state index in [4.69, 9.17) is 0 Å². The molecule has 5 heteroatoms. The maximum atomic E-state index is 4.49. The summed E-state index contributed by atoms with van der Waals surface area (Å²) in [7, 11) is 0. The van der Waals surface area contributed by atoms with Crippen molar-refractivity contribution in [1.82, 2.24) is 24.7 Å². The first-order chi connectivity index (χ1) is 8.40. The second kappa shape index (κ2) is 4.48. The summed E-state index contributed by atoms with van der Waals surface area (Å²) in [6.45, 7) is 12.1. The standard InChI is InChI=1S/C13H19N5/c1-7(2)12-16-11(6)18(17-12)13-14-9(4)8(3)10(5)15-13/h7H,1-6H3. The molecule has 2 aromatic rings.